The second kappa shape index (κ2) is 11.0. The standard InChI is InChI=1S/C25H21N9O3S/c1-2-5-19-31-34(25(38-19)28-23(35)20-21(24(36)37)27-13-12-26-20)14-15-8-10-16(11-9-15)17-6-3-4-7-18(17)22-29-32-33-30-22/h3-4,6-13H,2,5,14H2,1H3,(H,36,37)(H,29,30,32,33). The number of benzene rings is 2. The minimum Gasteiger partial charge on any atom is -0.476 e. The van der Waals surface area contributed by atoms with E-state index in [4.69, 9.17) is 0 Å². The fourth-order valence-electron chi connectivity index (χ4n) is 3.81. The summed E-state index contributed by atoms with van der Waals surface area (Å²) in [5.41, 5.74) is 2.99. The van der Waals surface area contributed by atoms with E-state index in [0.29, 0.717) is 17.2 Å². The Morgan fingerprint density at radius 1 is 1.03 bits per heavy atom. The number of aromatic carboxylic acids is 1. The highest BCUT2D eigenvalue weighted by Gasteiger charge is 2.20. The van der Waals surface area contributed by atoms with Crippen molar-refractivity contribution in [1.82, 2.24) is 40.4 Å². The number of aryl methyl sites for hydroxylation is 1. The Labute approximate surface area is 219 Å². The summed E-state index contributed by atoms with van der Waals surface area (Å²) in [7, 11) is 0. The van der Waals surface area contributed by atoms with Gasteiger partial charge in [0.2, 0.25) is 10.6 Å². The molecule has 3 heterocycles. The molecule has 1 amide bonds. The van der Waals surface area contributed by atoms with Gasteiger partial charge < -0.3 is 5.11 Å². The molecule has 2 N–H and O–H groups in total. The molecule has 0 saturated heterocycles. The van der Waals surface area contributed by atoms with Crippen molar-refractivity contribution in [2.75, 3.05) is 0 Å². The molecule has 5 aromatic rings. The molecule has 0 radical (unpaired) electrons. The first-order valence-corrected chi connectivity index (χ1v) is 12.5. The monoisotopic (exact) mass is 527 g/mol. The molecule has 38 heavy (non-hydrogen) atoms. The molecule has 0 aliphatic rings. The van der Waals surface area contributed by atoms with E-state index in [2.05, 4.69) is 40.7 Å². The number of nitrogens with zero attached hydrogens (tertiary/aromatic N) is 8. The molecule has 2 aromatic carbocycles. The fourth-order valence-corrected chi connectivity index (χ4v) is 4.81. The van der Waals surface area contributed by atoms with Crippen LogP contribution in [-0.4, -0.2) is 57.4 Å². The summed E-state index contributed by atoms with van der Waals surface area (Å²) in [6, 6.07) is 15.7. The number of carbonyl (C=O) groups excluding carboxylic acids is 1. The van der Waals surface area contributed by atoms with Crippen LogP contribution in [0.3, 0.4) is 0 Å². The third-order valence-electron chi connectivity index (χ3n) is 5.54. The zero-order valence-corrected chi connectivity index (χ0v) is 21.0. The number of nitrogens with one attached hydrogen (secondary N) is 1. The smallest absolute Gasteiger partial charge is 0.356 e. The molecule has 0 fully saturated rings. The van der Waals surface area contributed by atoms with Crippen LogP contribution >= 0.6 is 11.3 Å². The van der Waals surface area contributed by atoms with Gasteiger partial charge in [0.25, 0.3) is 0 Å². The summed E-state index contributed by atoms with van der Waals surface area (Å²) in [5, 5.41) is 29.2. The lowest BCUT2D eigenvalue weighted by molar-refractivity contribution is 0.0684. The SMILES string of the molecule is CCCc1nn(Cc2ccc(-c3ccccc3-c3nn[nH]n3)cc2)c(=NC(=O)c2nccnc2C(=O)O)s1. The van der Waals surface area contributed by atoms with Crippen LogP contribution in [0.15, 0.2) is 65.9 Å². The van der Waals surface area contributed by atoms with E-state index in [1.165, 1.54) is 23.7 Å². The molecule has 0 bridgehead atoms. The van der Waals surface area contributed by atoms with Gasteiger partial charge in [-0.15, -0.1) is 10.2 Å². The molecule has 13 heteroatoms. The lowest BCUT2D eigenvalue weighted by Crippen LogP contribution is -2.20. The van der Waals surface area contributed by atoms with Crippen LogP contribution in [0, 0.1) is 0 Å². The Morgan fingerprint density at radius 2 is 1.76 bits per heavy atom. The lowest BCUT2D eigenvalue weighted by atomic mass is 9.98. The Bertz CT molecular complexity index is 1660. The van der Waals surface area contributed by atoms with E-state index >= 15 is 0 Å². The van der Waals surface area contributed by atoms with E-state index in [0.717, 1.165) is 40.1 Å². The van der Waals surface area contributed by atoms with Crippen LogP contribution in [0.5, 0.6) is 0 Å². The van der Waals surface area contributed by atoms with Crippen molar-refractivity contribution >= 4 is 23.2 Å². The van der Waals surface area contributed by atoms with Crippen LogP contribution in [0.4, 0.5) is 0 Å². The predicted molar refractivity (Wildman–Crippen MR) is 137 cm³/mol. The number of aromatic nitrogens is 8. The first-order valence-electron chi connectivity index (χ1n) is 11.7. The molecule has 0 aliphatic carbocycles. The highest BCUT2D eigenvalue weighted by molar-refractivity contribution is 7.08. The van der Waals surface area contributed by atoms with Crippen molar-refractivity contribution in [3.8, 4) is 22.5 Å². The Kier molecular flexibility index (Phi) is 7.17. The third-order valence-corrected chi connectivity index (χ3v) is 6.54. The Hall–Kier alpha value is -4.91. The van der Waals surface area contributed by atoms with Gasteiger partial charge in [-0.05, 0) is 28.3 Å². The molecular formula is C25H21N9O3S. The van der Waals surface area contributed by atoms with Crippen molar-refractivity contribution < 1.29 is 14.7 Å². The molecule has 0 atom stereocenters. The van der Waals surface area contributed by atoms with Gasteiger partial charge in [-0.25, -0.2) is 19.4 Å². The molecule has 3 aromatic heterocycles. The Balaban J connectivity index is 1.46. The van der Waals surface area contributed by atoms with Crippen LogP contribution in [0.1, 0.15) is 44.9 Å². The zero-order chi connectivity index (χ0) is 26.5. The van der Waals surface area contributed by atoms with Crippen molar-refractivity contribution in [3.63, 3.8) is 0 Å². The van der Waals surface area contributed by atoms with Crippen LogP contribution in [0.25, 0.3) is 22.5 Å². The van der Waals surface area contributed by atoms with E-state index in [-0.39, 0.29) is 5.69 Å². The summed E-state index contributed by atoms with van der Waals surface area (Å²) in [6.45, 7) is 2.41. The predicted octanol–water partition coefficient (Wildman–Crippen LogP) is 3.02. The number of hydrogen-bond acceptors (Lipinski definition) is 9. The third kappa shape index (κ3) is 5.27. The summed E-state index contributed by atoms with van der Waals surface area (Å²) in [4.78, 5) is 36.5. The number of hydrogen-bond donors (Lipinski definition) is 2. The minimum atomic E-state index is -1.35. The topological polar surface area (TPSA) is 165 Å². The van der Waals surface area contributed by atoms with Crippen molar-refractivity contribution in [1.29, 1.82) is 0 Å². The maximum absolute atomic E-state index is 12.9. The molecular weight excluding hydrogens is 506 g/mol. The van der Waals surface area contributed by atoms with E-state index in [1.54, 1.807) is 4.68 Å². The summed E-state index contributed by atoms with van der Waals surface area (Å²) in [5.74, 6) is -1.62. The van der Waals surface area contributed by atoms with E-state index in [9.17, 15) is 14.7 Å². The fraction of sp³-hybridized carbons (Fsp3) is 0.160. The van der Waals surface area contributed by atoms with Crippen LogP contribution in [-0.2, 0) is 13.0 Å². The van der Waals surface area contributed by atoms with Gasteiger partial charge in [0.15, 0.2) is 11.4 Å². The average Bonchev–Trinajstić information content (AvgIpc) is 3.60. The van der Waals surface area contributed by atoms with Crippen molar-refractivity contribution in [2.45, 2.75) is 26.3 Å². The number of amides is 1. The summed E-state index contributed by atoms with van der Waals surface area (Å²) >= 11 is 1.29. The number of carboxylic acids is 1. The zero-order valence-electron chi connectivity index (χ0n) is 20.1. The normalized spacial score (nSPS) is 11.6. The first-order chi connectivity index (χ1) is 18.5. The molecule has 12 nitrogen and oxygen atoms in total. The summed E-state index contributed by atoms with van der Waals surface area (Å²) in [6.07, 6.45) is 4.09. The molecule has 0 saturated carbocycles. The van der Waals surface area contributed by atoms with Crippen LogP contribution in [0.2, 0.25) is 0 Å². The van der Waals surface area contributed by atoms with Gasteiger partial charge in [-0.2, -0.15) is 15.3 Å². The Morgan fingerprint density at radius 3 is 2.45 bits per heavy atom. The van der Waals surface area contributed by atoms with Gasteiger partial charge >= 0.3 is 11.9 Å². The van der Waals surface area contributed by atoms with Gasteiger partial charge in [-0.3, -0.25) is 4.79 Å². The van der Waals surface area contributed by atoms with Gasteiger partial charge in [-0.1, -0.05) is 66.8 Å². The van der Waals surface area contributed by atoms with Crippen molar-refractivity contribution in [3.05, 3.63) is 87.7 Å². The highest BCUT2D eigenvalue weighted by atomic mass is 32.1. The number of carbonyl (C=O) groups is 2. The van der Waals surface area contributed by atoms with Gasteiger partial charge in [0, 0.05) is 24.4 Å². The number of H-pyrrole nitrogens is 1. The number of carboxylic acid groups (broad SMARTS) is 1. The second-order valence-corrected chi connectivity index (χ2v) is 9.18. The highest BCUT2D eigenvalue weighted by Crippen LogP contribution is 2.29. The van der Waals surface area contributed by atoms with Gasteiger partial charge in [0.05, 0.1) is 6.54 Å². The van der Waals surface area contributed by atoms with E-state index < -0.39 is 17.6 Å². The summed E-state index contributed by atoms with van der Waals surface area (Å²) < 4.78 is 1.65. The average molecular weight is 528 g/mol. The molecule has 0 unspecified atom stereocenters. The maximum atomic E-state index is 12.9. The minimum absolute atomic E-state index is 0.318. The van der Waals surface area contributed by atoms with E-state index in [1.807, 2.05) is 55.5 Å². The quantitative estimate of drug-likeness (QED) is 0.308. The van der Waals surface area contributed by atoms with Gasteiger partial charge in [0.1, 0.15) is 5.01 Å². The molecule has 0 aliphatic heterocycles. The van der Waals surface area contributed by atoms with Crippen LogP contribution < -0.4 is 4.80 Å². The lowest BCUT2D eigenvalue weighted by Gasteiger charge is -2.08. The number of aromatic amines is 1. The number of tetrazole rings is 1. The number of rotatable bonds is 8. The molecule has 5 rings (SSSR count). The maximum Gasteiger partial charge on any atom is 0.356 e. The molecule has 190 valence electrons. The first kappa shape index (κ1) is 24.8. The van der Waals surface area contributed by atoms with Crippen molar-refractivity contribution in [2.24, 2.45) is 4.99 Å². The largest absolute Gasteiger partial charge is 0.476 e. The molecule has 0 spiro atoms. The second-order valence-electron chi connectivity index (χ2n) is 8.14.